The van der Waals surface area contributed by atoms with Gasteiger partial charge in [-0.15, -0.1) is 11.3 Å². The summed E-state index contributed by atoms with van der Waals surface area (Å²) in [6, 6.07) is 8.62. The van der Waals surface area contributed by atoms with E-state index in [9.17, 15) is 13.2 Å². The van der Waals surface area contributed by atoms with Crippen LogP contribution in [0.5, 0.6) is 0 Å². The average molecular weight is 438 g/mol. The number of benzene rings is 1. The number of ether oxygens (including phenoxy) is 1. The highest BCUT2D eigenvalue weighted by molar-refractivity contribution is 7.90. The lowest BCUT2D eigenvalue weighted by molar-refractivity contribution is -0.138. The van der Waals surface area contributed by atoms with Crippen LogP contribution in [0.1, 0.15) is 37.7 Å². The number of nitrogens with zero attached hydrogens (tertiary/aromatic N) is 1. The molecule has 0 bridgehead atoms. The van der Waals surface area contributed by atoms with E-state index in [2.05, 4.69) is 22.2 Å². The van der Waals surface area contributed by atoms with Gasteiger partial charge in [-0.2, -0.15) is 8.42 Å². The van der Waals surface area contributed by atoms with Gasteiger partial charge in [0.15, 0.2) is 0 Å². The van der Waals surface area contributed by atoms with Gasteiger partial charge in [0.05, 0.1) is 12.8 Å². The Bertz CT molecular complexity index is 966. The Hall–Kier alpha value is -2.10. The van der Waals surface area contributed by atoms with Crippen LogP contribution in [-0.2, 0) is 19.7 Å². The van der Waals surface area contributed by atoms with Crippen molar-refractivity contribution < 1.29 is 17.9 Å². The van der Waals surface area contributed by atoms with Crippen molar-refractivity contribution in [3.8, 4) is 10.4 Å². The van der Waals surface area contributed by atoms with Gasteiger partial charge in [0, 0.05) is 22.0 Å². The molecule has 1 heterocycles. The van der Waals surface area contributed by atoms with E-state index in [1.54, 1.807) is 5.38 Å². The monoisotopic (exact) mass is 437 g/mol. The van der Waals surface area contributed by atoms with Crippen molar-refractivity contribution in [3.63, 3.8) is 0 Å². The van der Waals surface area contributed by atoms with Gasteiger partial charge in [-0.25, -0.2) is 9.44 Å². The minimum Gasteiger partial charge on any atom is -0.468 e. The van der Waals surface area contributed by atoms with Crippen LogP contribution in [0.25, 0.3) is 10.4 Å². The molecule has 9 heteroatoms. The molecule has 7 nitrogen and oxygen atoms in total. The van der Waals surface area contributed by atoms with Gasteiger partial charge in [-0.1, -0.05) is 31.4 Å². The van der Waals surface area contributed by atoms with Crippen molar-refractivity contribution in [3.05, 3.63) is 35.2 Å². The molecule has 158 valence electrons. The van der Waals surface area contributed by atoms with Gasteiger partial charge in [-0.05, 0) is 43.0 Å². The Balaban J connectivity index is 1.88. The van der Waals surface area contributed by atoms with Crippen molar-refractivity contribution in [1.82, 2.24) is 0 Å². The number of nitrogens with two attached hydrogens (primary N) is 1. The maximum absolute atomic E-state index is 12.0. The quantitative estimate of drug-likeness (QED) is 0.644. The summed E-state index contributed by atoms with van der Waals surface area (Å²) < 4.78 is 29.6. The zero-order chi connectivity index (χ0) is 21.0. The molecule has 0 unspecified atom stereocenters. The molecule has 1 aromatic heterocycles. The van der Waals surface area contributed by atoms with Crippen molar-refractivity contribution in [2.75, 3.05) is 23.3 Å². The minimum absolute atomic E-state index is 0.392. The van der Waals surface area contributed by atoms with Gasteiger partial charge in [0.1, 0.15) is 6.54 Å². The average Bonchev–Trinajstić information content (AvgIpc) is 3.07. The van der Waals surface area contributed by atoms with Crippen LogP contribution in [0.3, 0.4) is 0 Å². The first-order valence-corrected chi connectivity index (χ1v) is 12.0. The normalized spacial score (nSPS) is 15.1. The number of hydrogen-bond donors (Lipinski definition) is 2. The fraction of sp³-hybridized carbons (Fsp3) is 0.450. The lowest BCUT2D eigenvalue weighted by atomic mass is 9.95. The first-order valence-electron chi connectivity index (χ1n) is 9.62. The molecule has 3 N–H and O–H groups in total. The van der Waals surface area contributed by atoms with E-state index in [1.165, 1.54) is 50.6 Å². The molecule has 1 saturated carbocycles. The molecule has 0 amide bonds. The zero-order valence-corrected chi connectivity index (χ0v) is 18.3. The summed E-state index contributed by atoms with van der Waals surface area (Å²) in [7, 11) is -2.91. The van der Waals surface area contributed by atoms with Crippen molar-refractivity contribution in [1.29, 1.82) is 0 Å². The lowest BCUT2D eigenvalue weighted by Gasteiger charge is -2.24. The fourth-order valence-corrected chi connectivity index (χ4v) is 5.56. The third kappa shape index (κ3) is 5.29. The largest absolute Gasteiger partial charge is 0.468 e. The number of carbonyl (C=O) groups excluding carboxylic acids is 1. The summed E-state index contributed by atoms with van der Waals surface area (Å²) >= 11 is 1.42. The van der Waals surface area contributed by atoms with Crippen LogP contribution in [0.4, 0.5) is 11.4 Å². The van der Waals surface area contributed by atoms with Crippen molar-refractivity contribution in [2.45, 2.75) is 45.1 Å². The van der Waals surface area contributed by atoms with E-state index in [-0.39, 0.29) is 0 Å². The van der Waals surface area contributed by atoms with Gasteiger partial charge in [0.2, 0.25) is 0 Å². The van der Waals surface area contributed by atoms with Gasteiger partial charge < -0.3 is 10.1 Å². The molecule has 1 aliphatic carbocycles. The topological polar surface area (TPSA) is 102 Å². The molecule has 0 aliphatic heterocycles. The number of anilines is 2. The molecule has 29 heavy (non-hydrogen) atoms. The predicted octanol–water partition coefficient (Wildman–Crippen LogP) is 3.65. The molecule has 0 saturated heterocycles. The highest BCUT2D eigenvalue weighted by atomic mass is 32.2. The lowest BCUT2D eigenvalue weighted by Crippen LogP contribution is -2.40. The molecule has 2 aromatic rings. The fourth-order valence-electron chi connectivity index (χ4n) is 3.67. The second-order valence-corrected chi connectivity index (χ2v) is 9.61. The maximum Gasteiger partial charge on any atom is 0.326 e. The Morgan fingerprint density at radius 1 is 1.31 bits per heavy atom. The first-order chi connectivity index (χ1) is 13.8. The van der Waals surface area contributed by atoms with Gasteiger partial charge in [-0.3, -0.25) is 4.79 Å². The third-order valence-electron chi connectivity index (χ3n) is 5.19. The maximum atomic E-state index is 12.0. The van der Waals surface area contributed by atoms with E-state index in [0.717, 1.165) is 26.0 Å². The number of methoxy groups -OCH3 is 1. The highest BCUT2D eigenvalue weighted by Gasteiger charge is 2.26. The Kier molecular flexibility index (Phi) is 6.81. The third-order valence-corrected chi connectivity index (χ3v) is 7.25. The standard InChI is InChI=1S/C20H27N3O4S2/c1-14-18(23(29(21,25)26)12-19(24)27-2)13-28-20(14)15-7-6-10-17(11-15)22-16-8-4-3-5-9-16/h6-7,10-11,13,16,22H,3-5,8-9,12H2,1-2H3,(H2,21,25,26). The molecule has 1 aliphatic rings. The molecule has 0 atom stereocenters. The first kappa shape index (κ1) is 21.6. The van der Waals surface area contributed by atoms with Crippen LogP contribution >= 0.6 is 11.3 Å². The van der Waals surface area contributed by atoms with E-state index < -0.39 is 22.7 Å². The number of rotatable bonds is 7. The molecule has 0 spiro atoms. The number of carbonyl (C=O) groups is 1. The van der Waals surface area contributed by atoms with Crippen molar-refractivity contribution >= 4 is 38.9 Å². The van der Waals surface area contributed by atoms with Gasteiger partial charge >= 0.3 is 5.97 Å². The molecular formula is C20H27N3O4S2. The van der Waals surface area contributed by atoms with Crippen LogP contribution in [0.15, 0.2) is 29.6 Å². The Morgan fingerprint density at radius 3 is 2.69 bits per heavy atom. The molecule has 1 fully saturated rings. The number of nitrogens with one attached hydrogen (secondary N) is 1. The number of esters is 1. The second kappa shape index (κ2) is 9.15. The van der Waals surface area contributed by atoms with E-state index >= 15 is 0 Å². The summed E-state index contributed by atoms with van der Waals surface area (Å²) in [6.07, 6.45) is 6.19. The second-order valence-electron chi connectivity index (χ2n) is 7.26. The summed E-state index contributed by atoms with van der Waals surface area (Å²) in [6.45, 7) is 1.37. The highest BCUT2D eigenvalue weighted by Crippen LogP contribution is 2.38. The van der Waals surface area contributed by atoms with Crippen LogP contribution in [0, 0.1) is 6.92 Å². The molecule has 3 rings (SSSR count). The predicted molar refractivity (Wildman–Crippen MR) is 117 cm³/mol. The molecule has 0 radical (unpaired) electrons. The summed E-state index contributed by atoms with van der Waals surface area (Å²) in [5.41, 5.74) is 3.19. The zero-order valence-electron chi connectivity index (χ0n) is 16.7. The van der Waals surface area contributed by atoms with Crippen LogP contribution in [-0.4, -0.2) is 34.1 Å². The van der Waals surface area contributed by atoms with Crippen molar-refractivity contribution in [2.24, 2.45) is 5.14 Å². The SMILES string of the molecule is COC(=O)CN(c1csc(-c2cccc(NC3CCCCC3)c2)c1C)S(N)(=O)=O. The van der Waals surface area contributed by atoms with E-state index in [0.29, 0.717) is 11.7 Å². The number of thiophene rings is 1. The summed E-state index contributed by atoms with van der Waals surface area (Å²) in [4.78, 5) is 12.6. The molecular weight excluding hydrogens is 410 g/mol. The van der Waals surface area contributed by atoms with E-state index in [4.69, 9.17) is 5.14 Å². The summed E-state index contributed by atoms with van der Waals surface area (Å²) in [5.74, 6) is -0.676. The number of hydrogen-bond acceptors (Lipinski definition) is 6. The van der Waals surface area contributed by atoms with Crippen LogP contribution < -0.4 is 14.8 Å². The Labute approximate surface area is 176 Å². The Morgan fingerprint density at radius 2 is 2.03 bits per heavy atom. The molecule has 1 aromatic carbocycles. The van der Waals surface area contributed by atoms with E-state index in [1.807, 2.05) is 19.1 Å². The summed E-state index contributed by atoms with van der Waals surface area (Å²) in [5, 5.41) is 10.7. The van der Waals surface area contributed by atoms with Crippen LogP contribution in [0.2, 0.25) is 0 Å². The van der Waals surface area contributed by atoms with Gasteiger partial charge in [0.25, 0.3) is 10.2 Å². The minimum atomic E-state index is -4.12. The smallest absolute Gasteiger partial charge is 0.326 e.